The van der Waals surface area contributed by atoms with Crippen LogP contribution in [0.25, 0.3) is 0 Å². The quantitative estimate of drug-likeness (QED) is 0.630. The van der Waals surface area contributed by atoms with Crippen LogP contribution >= 0.6 is 11.6 Å². The summed E-state index contributed by atoms with van der Waals surface area (Å²) in [7, 11) is 0. The van der Waals surface area contributed by atoms with E-state index in [1.165, 1.54) is 6.07 Å². The summed E-state index contributed by atoms with van der Waals surface area (Å²) in [4.78, 5) is 12.3. The molecule has 1 heterocycles. The first-order valence-corrected chi connectivity index (χ1v) is 7.96. The number of carbonyl (C=O) groups is 1. The summed E-state index contributed by atoms with van der Waals surface area (Å²) in [6, 6.07) is 13.5. The van der Waals surface area contributed by atoms with Gasteiger partial charge in [-0.15, -0.1) is 10.2 Å². The lowest BCUT2D eigenvalue weighted by molar-refractivity contribution is 0.0950. The van der Waals surface area contributed by atoms with Gasteiger partial charge in [-0.25, -0.2) is 4.39 Å². The van der Waals surface area contributed by atoms with E-state index in [0.29, 0.717) is 18.0 Å². The second-order valence-electron chi connectivity index (χ2n) is 5.26. The minimum Gasteiger partial charge on any atom is -0.350 e. The Morgan fingerprint density at radius 1 is 1.12 bits per heavy atom. The van der Waals surface area contributed by atoms with Crippen molar-refractivity contribution in [2.24, 2.45) is 0 Å². The zero-order chi connectivity index (χ0) is 17.6. The zero-order valence-electron chi connectivity index (χ0n) is 13.1. The Hall–Kier alpha value is -2.93. The van der Waals surface area contributed by atoms with Gasteiger partial charge >= 0.3 is 0 Å². The normalized spacial score (nSPS) is 10.5. The fourth-order valence-corrected chi connectivity index (χ4v) is 2.35. The standard InChI is InChI=1S/C17H15ClFN5O/c18-12-7-5-11(6-8-12)9-10-20-17(25)15-16(23-24-22-15)21-14-4-2-1-3-13(14)19/h1-8H,9-10H2,(H,20,25)(H2,21,22,23,24). The number of carbonyl (C=O) groups excluding carboxylic acids is 1. The fraction of sp³-hybridized carbons (Fsp3) is 0.118. The molecule has 0 spiro atoms. The van der Waals surface area contributed by atoms with Crippen molar-refractivity contribution in [1.82, 2.24) is 20.7 Å². The molecule has 0 saturated carbocycles. The number of anilines is 2. The zero-order valence-corrected chi connectivity index (χ0v) is 13.8. The van der Waals surface area contributed by atoms with Crippen LogP contribution in [-0.4, -0.2) is 27.9 Å². The van der Waals surface area contributed by atoms with Gasteiger partial charge < -0.3 is 10.6 Å². The highest BCUT2D eigenvalue weighted by Gasteiger charge is 2.17. The largest absolute Gasteiger partial charge is 0.350 e. The highest BCUT2D eigenvalue weighted by atomic mass is 35.5. The van der Waals surface area contributed by atoms with Crippen molar-refractivity contribution in [2.75, 3.05) is 11.9 Å². The van der Waals surface area contributed by atoms with Crippen molar-refractivity contribution in [2.45, 2.75) is 6.42 Å². The number of para-hydroxylation sites is 1. The van der Waals surface area contributed by atoms with Gasteiger partial charge in [0.2, 0.25) is 0 Å². The third-order valence-corrected chi connectivity index (χ3v) is 3.75. The second kappa shape index (κ2) is 7.76. The summed E-state index contributed by atoms with van der Waals surface area (Å²) in [6.45, 7) is 0.423. The van der Waals surface area contributed by atoms with Crippen LogP contribution in [0.15, 0.2) is 48.5 Å². The van der Waals surface area contributed by atoms with Crippen LogP contribution in [0.5, 0.6) is 0 Å². The van der Waals surface area contributed by atoms with Gasteiger partial charge in [-0.05, 0) is 36.2 Å². The van der Waals surface area contributed by atoms with Crippen molar-refractivity contribution >= 4 is 29.0 Å². The molecule has 3 N–H and O–H groups in total. The molecular formula is C17H15ClFN5O. The van der Waals surface area contributed by atoms with E-state index in [2.05, 4.69) is 26.0 Å². The van der Waals surface area contributed by atoms with Gasteiger partial charge in [0.1, 0.15) is 5.82 Å². The number of aromatic amines is 1. The van der Waals surface area contributed by atoms with E-state index in [4.69, 9.17) is 11.6 Å². The Labute approximate surface area is 148 Å². The Morgan fingerprint density at radius 2 is 1.88 bits per heavy atom. The van der Waals surface area contributed by atoms with E-state index in [0.717, 1.165) is 5.56 Å². The molecule has 8 heteroatoms. The van der Waals surface area contributed by atoms with Gasteiger partial charge in [-0.3, -0.25) is 4.79 Å². The number of nitrogens with zero attached hydrogens (tertiary/aromatic N) is 2. The number of hydrogen-bond acceptors (Lipinski definition) is 4. The van der Waals surface area contributed by atoms with E-state index >= 15 is 0 Å². The van der Waals surface area contributed by atoms with Gasteiger partial charge in [0, 0.05) is 11.6 Å². The number of rotatable bonds is 6. The van der Waals surface area contributed by atoms with Gasteiger partial charge in [0.25, 0.3) is 5.91 Å². The van der Waals surface area contributed by atoms with Crippen LogP contribution in [0.2, 0.25) is 5.02 Å². The maximum Gasteiger partial charge on any atom is 0.275 e. The maximum atomic E-state index is 13.7. The smallest absolute Gasteiger partial charge is 0.275 e. The van der Waals surface area contributed by atoms with Crippen LogP contribution in [0.4, 0.5) is 15.9 Å². The molecule has 6 nitrogen and oxygen atoms in total. The summed E-state index contributed by atoms with van der Waals surface area (Å²) < 4.78 is 13.7. The maximum absolute atomic E-state index is 13.7. The summed E-state index contributed by atoms with van der Waals surface area (Å²) in [5.74, 6) is -0.685. The Kier molecular flexibility index (Phi) is 5.25. The predicted octanol–water partition coefficient (Wildman–Crippen LogP) is 3.31. The number of aromatic nitrogens is 3. The monoisotopic (exact) mass is 359 g/mol. The van der Waals surface area contributed by atoms with Crippen molar-refractivity contribution < 1.29 is 9.18 Å². The molecule has 0 aliphatic heterocycles. The van der Waals surface area contributed by atoms with Crippen molar-refractivity contribution in [3.63, 3.8) is 0 Å². The van der Waals surface area contributed by atoms with Gasteiger partial charge in [0.15, 0.2) is 11.5 Å². The molecule has 0 saturated heterocycles. The molecule has 0 atom stereocenters. The molecule has 0 unspecified atom stereocenters. The lowest BCUT2D eigenvalue weighted by Crippen LogP contribution is -2.26. The molecule has 0 bridgehead atoms. The Bertz CT molecular complexity index is 865. The summed E-state index contributed by atoms with van der Waals surface area (Å²) in [6.07, 6.45) is 0.650. The van der Waals surface area contributed by atoms with Crippen molar-refractivity contribution in [3.8, 4) is 0 Å². The van der Waals surface area contributed by atoms with Gasteiger partial charge in [-0.1, -0.05) is 35.9 Å². The fourth-order valence-electron chi connectivity index (χ4n) is 2.22. The molecule has 25 heavy (non-hydrogen) atoms. The molecular weight excluding hydrogens is 345 g/mol. The summed E-state index contributed by atoms with van der Waals surface area (Å²) >= 11 is 5.84. The van der Waals surface area contributed by atoms with Crippen LogP contribution in [0.3, 0.4) is 0 Å². The number of nitrogens with one attached hydrogen (secondary N) is 3. The third kappa shape index (κ3) is 4.33. The molecule has 0 fully saturated rings. The molecule has 0 aliphatic rings. The summed E-state index contributed by atoms with van der Waals surface area (Å²) in [5.41, 5.74) is 1.33. The lowest BCUT2D eigenvalue weighted by Gasteiger charge is -2.07. The van der Waals surface area contributed by atoms with Crippen LogP contribution in [0, 0.1) is 5.82 Å². The van der Waals surface area contributed by atoms with Crippen LogP contribution < -0.4 is 10.6 Å². The molecule has 3 aromatic rings. The average Bonchev–Trinajstić information content (AvgIpc) is 3.07. The van der Waals surface area contributed by atoms with Crippen LogP contribution in [0.1, 0.15) is 16.1 Å². The molecule has 128 valence electrons. The highest BCUT2D eigenvalue weighted by Crippen LogP contribution is 2.19. The third-order valence-electron chi connectivity index (χ3n) is 3.50. The van der Waals surface area contributed by atoms with Crippen molar-refractivity contribution in [1.29, 1.82) is 0 Å². The van der Waals surface area contributed by atoms with Gasteiger partial charge in [0.05, 0.1) is 5.69 Å². The van der Waals surface area contributed by atoms with Crippen LogP contribution in [-0.2, 0) is 6.42 Å². The topological polar surface area (TPSA) is 82.7 Å². The first kappa shape index (κ1) is 16.9. The average molecular weight is 360 g/mol. The molecule has 0 aliphatic carbocycles. The Balaban J connectivity index is 1.60. The van der Waals surface area contributed by atoms with Gasteiger partial charge in [-0.2, -0.15) is 5.21 Å². The number of hydrogen-bond donors (Lipinski definition) is 3. The number of H-pyrrole nitrogens is 1. The minimum atomic E-state index is -0.445. The predicted molar refractivity (Wildman–Crippen MR) is 93.6 cm³/mol. The second-order valence-corrected chi connectivity index (χ2v) is 5.69. The number of amides is 1. The highest BCUT2D eigenvalue weighted by molar-refractivity contribution is 6.30. The van der Waals surface area contributed by atoms with E-state index in [9.17, 15) is 9.18 Å². The first-order chi connectivity index (χ1) is 12.1. The molecule has 1 amide bonds. The van der Waals surface area contributed by atoms with E-state index < -0.39 is 11.7 Å². The molecule has 3 rings (SSSR count). The van der Waals surface area contributed by atoms with E-state index in [1.807, 2.05) is 12.1 Å². The number of benzene rings is 2. The van der Waals surface area contributed by atoms with E-state index in [1.54, 1.807) is 30.3 Å². The Morgan fingerprint density at radius 3 is 2.64 bits per heavy atom. The lowest BCUT2D eigenvalue weighted by atomic mass is 10.1. The van der Waals surface area contributed by atoms with Crippen molar-refractivity contribution in [3.05, 3.63) is 70.6 Å². The first-order valence-electron chi connectivity index (χ1n) is 7.58. The minimum absolute atomic E-state index is 0.0689. The molecule has 2 aromatic carbocycles. The summed E-state index contributed by atoms with van der Waals surface area (Å²) in [5, 5.41) is 16.2. The SMILES string of the molecule is O=C(NCCc1ccc(Cl)cc1)c1n[nH]nc1Nc1ccccc1F. The molecule has 0 radical (unpaired) electrons. The van der Waals surface area contributed by atoms with E-state index in [-0.39, 0.29) is 17.2 Å². The molecule has 1 aromatic heterocycles. The number of halogens is 2.